The van der Waals surface area contributed by atoms with E-state index in [4.69, 9.17) is 0 Å². The van der Waals surface area contributed by atoms with Crippen LogP contribution in [0.5, 0.6) is 0 Å². The molecule has 2 aliphatic heterocycles. The van der Waals surface area contributed by atoms with Crippen LogP contribution in [-0.4, -0.2) is 40.1 Å². The summed E-state index contributed by atoms with van der Waals surface area (Å²) in [7, 11) is 0. The number of nitrogens with one attached hydrogen (secondary N) is 1. The molecular weight excluding hydrogens is 208 g/mol. The summed E-state index contributed by atoms with van der Waals surface area (Å²) in [6, 6.07) is 0.500. The van der Waals surface area contributed by atoms with Crippen LogP contribution in [0.4, 0.5) is 0 Å². The van der Waals surface area contributed by atoms with Crippen molar-refractivity contribution >= 4 is 17.7 Å². The van der Waals surface area contributed by atoms with Gasteiger partial charge >= 0.3 is 0 Å². The van der Waals surface area contributed by atoms with E-state index in [9.17, 15) is 4.79 Å². The molecule has 0 aromatic carbocycles. The van der Waals surface area contributed by atoms with Crippen molar-refractivity contribution < 1.29 is 4.79 Å². The van der Waals surface area contributed by atoms with Gasteiger partial charge in [0.25, 0.3) is 0 Å². The molecule has 1 aliphatic carbocycles. The highest BCUT2D eigenvalue weighted by molar-refractivity contribution is 7.99. The largest absolute Gasteiger partial charge is 0.322 e. The van der Waals surface area contributed by atoms with Gasteiger partial charge in [0.2, 0.25) is 5.91 Å². The van der Waals surface area contributed by atoms with E-state index in [0.29, 0.717) is 18.1 Å². The van der Waals surface area contributed by atoms with Crippen LogP contribution in [0.2, 0.25) is 0 Å². The maximum absolute atomic E-state index is 12.3. The summed E-state index contributed by atoms with van der Waals surface area (Å²) >= 11 is 1.98. The van der Waals surface area contributed by atoms with Crippen LogP contribution >= 0.6 is 11.8 Å². The molecule has 3 rings (SSSR count). The van der Waals surface area contributed by atoms with Crippen LogP contribution in [0.1, 0.15) is 32.6 Å². The van der Waals surface area contributed by atoms with E-state index in [1.807, 2.05) is 11.8 Å². The van der Waals surface area contributed by atoms with E-state index in [2.05, 4.69) is 17.1 Å². The molecule has 15 heavy (non-hydrogen) atoms. The summed E-state index contributed by atoms with van der Waals surface area (Å²) in [6.45, 7) is 2.17. The molecule has 1 saturated carbocycles. The van der Waals surface area contributed by atoms with Crippen molar-refractivity contribution in [2.24, 2.45) is 0 Å². The molecule has 84 valence electrons. The van der Waals surface area contributed by atoms with Gasteiger partial charge in [-0.05, 0) is 31.4 Å². The second-order valence-corrected chi connectivity index (χ2v) is 6.03. The first-order chi connectivity index (χ1) is 7.27. The molecule has 2 atom stereocenters. The molecule has 1 amide bonds. The Bertz CT molecular complexity index is 284. The zero-order chi connectivity index (χ0) is 10.5. The molecule has 2 heterocycles. The molecule has 3 aliphatic rings. The van der Waals surface area contributed by atoms with Gasteiger partial charge in [-0.3, -0.25) is 10.1 Å². The number of carbonyl (C=O) groups is 1. The van der Waals surface area contributed by atoms with Gasteiger partial charge in [0.05, 0.1) is 11.7 Å². The highest BCUT2D eigenvalue weighted by Crippen LogP contribution is 2.44. The Hall–Kier alpha value is -0.220. The van der Waals surface area contributed by atoms with Crippen molar-refractivity contribution in [1.82, 2.24) is 10.2 Å². The lowest BCUT2D eigenvalue weighted by Crippen LogP contribution is -2.44. The van der Waals surface area contributed by atoms with Crippen molar-refractivity contribution in [3.8, 4) is 0 Å². The molecule has 0 aromatic rings. The van der Waals surface area contributed by atoms with Crippen molar-refractivity contribution in [3.63, 3.8) is 0 Å². The molecule has 3 nitrogen and oxygen atoms in total. The normalized spacial score (nSPS) is 37.9. The van der Waals surface area contributed by atoms with Gasteiger partial charge in [-0.1, -0.05) is 6.92 Å². The quantitative estimate of drug-likeness (QED) is 0.767. The van der Waals surface area contributed by atoms with Gasteiger partial charge < -0.3 is 4.90 Å². The smallest absolute Gasteiger partial charge is 0.244 e. The minimum atomic E-state index is -0.117. The second kappa shape index (κ2) is 3.39. The van der Waals surface area contributed by atoms with Gasteiger partial charge in [-0.25, -0.2) is 0 Å². The lowest BCUT2D eigenvalue weighted by Gasteiger charge is -2.28. The Morgan fingerprint density at radius 3 is 2.93 bits per heavy atom. The summed E-state index contributed by atoms with van der Waals surface area (Å²) in [5.41, 5.74) is -0.117. The predicted molar refractivity (Wildman–Crippen MR) is 61.8 cm³/mol. The number of hydrogen-bond acceptors (Lipinski definition) is 3. The Morgan fingerprint density at radius 1 is 1.60 bits per heavy atom. The van der Waals surface area contributed by atoms with E-state index >= 15 is 0 Å². The molecule has 2 saturated heterocycles. The Morgan fingerprint density at radius 2 is 2.40 bits per heavy atom. The first kappa shape index (κ1) is 9.97. The minimum Gasteiger partial charge on any atom is -0.322 e. The van der Waals surface area contributed by atoms with Gasteiger partial charge in [-0.15, -0.1) is 0 Å². The first-order valence-corrected chi connectivity index (χ1v) is 7.10. The Balaban J connectivity index is 1.81. The van der Waals surface area contributed by atoms with Crippen molar-refractivity contribution in [1.29, 1.82) is 0 Å². The number of amides is 1. The summed E-state index contributed by atoms with van der Waals surface area (Å²) in [5.74, 6) is 2.75. The van der Waals surface area contributed by atoms with E-state index in [0.717, 1.165) is 25.0 Å². The minimum absolute atomic E-state index is 0.117. The topological polar surface area (TPSA) is 32.3 Å². The monoisotopic (exact) mass is 226 g/mol. The fraction of sp³-hybridized carbons (Fsp3) is 0.909. The van der Waals surface area contributed by atoms with Crippen LogP contribution < -0.4 is 5.32 Å². The maximum atomic E-state index is 12.3. The molecule has 0 aromatic heterocycles. The summed E-state index contributed by atoms with van der Waals surface area (Å²) in [4.78, 5) is 14.5. The van der Waals surface area contributed by atoms with Gasteiger partial charge in [-0.2, -0.15) is 11.8 Å². The molecule has 1 spiro atoms. The third-order valence-corrected chi connectivity index (χ3v) is 5.00. The fourth-order valence-corrected chi connectivity index (χ4v) is 3.99. The fourth-order valence-electron chi connectivity index (χ4n) is 2.78. The Kier molecular flexibility index (Phi) is 2.25. The predicted octanol–water partition coefficient (Wildman–Crippen LogP) is 1.19. The molecular formula is C11H18N2OS. The van der Waals surface area contributed by atoms with Crippen LogP contribution in [0.15, 0.2) is 0 Å². The van der Waals surface area contributed by atoms with Crippen LogP contribution in [0.3, 0.4) is 0 Å². The van der Waals surface area contributed by atoms with Crippen molar-refractivity contribution in [2.75, 3.05) is 11.5 Å². The zero-order valence-corrected chi connectivity index (χ0v) is 9.98. The number of nitrogens with zero attached hydrogens (tertiary/aromatic N) is 1. The molecule has 1 N–H and O–H groups in total. The third-order valence-electron chi connectivity index (χ3n) is 3.86. The maximum Gasteiger partial charge on any atom is 0.244 e. The average molecular weight is 226 g/mol. The van der Waals surface area contributed by atoms with Crippen LogP contribution in [0, 0.1) is 0 Å². The van der Waals surface area contributed by atoms with E-state index in [-0.39, 0.29) is 5.54 Å². The summed E-state index contributed by atoms with van der Waals surface area (Å²) in [5, 5.41) is 3.53. The number of thioether (sulfide) groups is 1. The van der Waals surface area contributed by atoms with E-state index < -0.39 is 0 Å². The lowest BCUT2D eigenvalue weighted by atomic mass is 10.2. The highest BCUT2D eigenvalue weighted by atomic mass is 32.2. The number of rotatable bonds is 2. The van der Waals surface area contributed by atoms with Crippen molar-refractivity contribution in [2.45, 2.75) is 50.4 Å². The lowest BCUT2D eigenvalue weighted by molar-refractivity contribution is -0.132. The molecule has 0 bridgehead atoms. The SMILES string of the molecule is CCC1NC2(CC2)C(=O)N1C1CCSC1. The number of hydrogen-bond donors (Lipinski definition) is 1. The molecule has 2 unspecified atom stereocenters. The molecule has 4 heteroatoms. The van der Waals surface area contributed by atoms with Crippen molar-refractivity contribution in [3.05, 3.63) is 0 Å². The van der Waals surface area contributed by atoms with E-state index in [1.165, 1.54) is 12.2 Å². The number of carbonyl (C=O) groups excluding carboxylic acids is 1. The van der Waals surface area contributed by atoms with Gasteiger partial charge in [0.15, 0.2) is 0 Å². The zero-order valence-electron chi connectivity index (χ0n) is 9.16. The Labute approximate surface area is 95.0 Å². The summed E-state index contributed by atoms with van der Waals surface area (Å²) in [6.07, 6.45) is 4.64. The average Bonchev–Trinajstić information content (AvgIpc) is 2.71. The first-order valence-electron chi connectivity index (χ1n) is 5.95. The second-order valence-electron chi connectivity index (χ2n) is 4.88. The molecule has 3 fully saturated rings. The molecule has 0 radical (unpaired) electrons. The van der Waals surface area contributed by atoms with E-state index in [1.54, 1.807) is 0 Å². The standard InChI is InChI=1S/C11H18N2OS/c1-2-9-12-11(4-5-11)10(14)13(9)8-3-6-15-7-8/h8-9,12H,2-7H2,1H3. The van der Waals surface area contributed by atoms with Crippen LogP contribution in [-0.2, 0) is 4.79 Å². The highest BCUT2D eigenvalue weighted by Gasteiger charge is 2.59. The van der Waals surface area contributed by atoms with Gasteiger partial charge in [0, 0.05) is 11.8 Å². The van der Waals surface area contributed by atoms with Crippen LogP contribution in [0.25, 0.3) is 0 Å². The van der Waals surface area contributed by atoms with Gasteiger partial charge in [0.1, 0.15) is 0 Å². The summed E-state index contributed by atoms with van der Waals surface area (Å²) < 4.78 is 0. The third kappa shape index (κ3) is 1.41.